The third-order valence-corrected chi connectivity index (χ3v) is 13.4. The zero-order valence-corrected chi connectivity index (χ0v) is 28.4. The lowest BCUT2D eigenvalue weighted by Crippen LogP contribution is -2.65. The van der Waals surface area contributed by atoms with Crippen molar-refractivity contribution in [2.45, 2.75) is 133 Å². The van der Waals surface area contributed by atoms with Gasteiger partial charge in [-0.25, -0.2) is 0 Å². The van der Waals surface area contributed by atoms with Gasteiger partial charge in [0, 0.05) is 50.6 Å². The Hall–Kier alpha value is -1.46. The number of fused-ring (bicyclic) bond motifs is 2. The molecule has 2 saturated heterocycles. The predicted octanol–water partition coefficient (Wildman–Crippen LogP) is 3.51. The van der Waals surface area contributed by atoms with E-state index in [1.165, 1.54) is 74.7 Å². The summed E-state index contributed by atoms with van der Waals surface area (Å²) in [6.45, 7) is 8.29. The highest BCUT2D eigenvalue weighted by Crippen LogP contribution is 2.47. The Labute approximate surface area is 271 Å². The highest BCUT2D eigenvalue weighted by atomic mass is 16.3. The van der Waals surface area contributed by atoms with E-state index >= 15 is 0 Å². The molecule has 0 amide bonds. The number of nitrogens with one attached hydrogen (secondary N) is 2. The van der Waals surface area contributed by atoms with E-state index in [1.807, 2.05) is 0 Å². The number of nitrogens with two attached hydrogens (primary N) is 1. The first-order chi connectivity index (χ1) is 21.7. The molecule has 45 heavy (non-hydrogen) atoms. The predicted molar refractivity (Wildman–Crippen MR) is 182 cm³/mol. The van der Waals surface area contributed by atoms with Crippen LogP contribution in [0, 0.1) is 17.8 Å². The molecule has 9 heteroatoms. The van der Waals surface area contributed by atoms with Gasteiger partial charge in [-0.1, -0.05) is 32.8 Å². The fourth-order valence-electron chi connectivity index (χ4n) is 9.87. The molecule has 3 heterocycles. The Morgan fingerprint density at radius 3 is 2.64 bits per heavy atom. The van der Waals surface area contributed by atoms with Crippen molar-refractivity contribution in [1.29, 1.82) is 0 Å². The van der Waals surface area contributed by atoms with E-state index in [1.54, 1.807) is 0 Å². The molecule has 1 aromatic rings. The fraction of sp³-hybridized carbons (Fsp3) is 0.833. The van der Waals surface area contributed by atoms with Crippen LogP contribution >= 0.6 is 0 Å². The molecule has 0 aromatic heterocycles. The number of unbranched alkanes of at least 4 members (excludes halogenated alkanes) is 1. The van der Waals surface area contributed by atoms with Crippen LogP contribution < -0.4 is 21.3 Å². The minimum Gasteiger partial charge on any atom is -0.390 e. The second kappa shape index (κ2) is 12.9. The lowest BCUT2D eigenvalue weighted by molar-refractivity contribution is -0.0378. The van der Waals surface area contributed by atoms with Crippen LogP contribution in [0.2, 0.25) is 0 Å². The molecule has 3 saturated carbocycles. The summed E-state index contributed by atoms with van der Waals surface area (Å²) in [5, 5.41) is 30.0. The number of aliphatic hydroxyl groups is 2. The van der Waals surface area contributed by atoms with Crippen LogP contribution in [-0.4, -0.2) is 108 Å². The van der Waals surface area contributed by atoms with Gasteiger partial charge in [0.05, 0.1) is 48.7 Å². The monoisotopic (exact) mass is 623 g/mol. The number of nitrogens with zero attached hydrogens (tertiary/aromatic N) is 4. The SMILES string of the molecule is CCCCN1CNC2C(CCN2[C@@H]2C[C@H](CN(C)C3CC(CCC4Nc5cc(C6(C)CCC6)ccc5N4C)C3)[C@@H](O)[C@H]2O)C1N. The molecule has 3 aliphatic heterocycles. The molecule has 9 nitrogen and oxygen atoms in total. The Morgan fingerprint density at radius 1 is 1.11 bits per heavy atom. The van der Waals surface area contributed by atoms with Crippen molar-refractivity contribution >= 4 is 11.4 Å². The van der Waals surface area contributed by atoms with Crippen molar-refractivity contribution in [3.05, 3.63) is 23.8 Å². The minimum atomic E-state index is -0.694. The van der Waals surface area contributed by atoms with E-state index in [4.69, 9.17) is 5.73 Å². The quantitative estimate of drug-likeness (QED) is 0.253. The number of benzene rings is 1. The van der Waals surface area contributed by atoms with Crippen LogP contribution in [0.5, 0.6) is 0 Å². The summed E-state index contributed by atoms with van der Waals surface area (Å²) in [5.41, 5.74) is 11.3. The van der Waals surface area contributed by atoms with Crippen molar-refractivity contribution < 1.29 is 10.2 Å². The zero-order valence-electron chi connectivity index (χ0n) is 28.4. The first-order valence-electron chi connectivity index (χ1n) is 18.4. The molecule has 6 N–H and O–H groups in total. The molecule has 6 aliphatic rings. The van der Waals surface area contributed by atoms with Gasteiger partial charge in [0.2, 0.25) is 0 Å². The molecule has 7 rings (SSSR count). The van der Waals surface area contributed by atoms with Crippen LogP contribution in [0.15, 0.2) is 18.2 Å². The Balaban J connectivity index is 0.858. The van der Waals surface area contributed by atoms with Crippen LogP contribution in [0.4, 0.5) is 11.4 Å². The van der Waals surface area contributed by atoms with Crippen molar-refractivity contribution in [3.8, 4) is 0 Å². The van der Waals surface area contributed by atoms with Crippen molar-refractivity contribution in [2.75, 3.05) is 50.6 Å². The van der Waals surface area contributed by atoms with Gasteiger partial charge >= 0.3 is 0 Å². The van der Waals surface area contributed by atoms with Crippen LogP contribution in [-0.2, 0) is 5.41 Å². The third-order valence-electron chi connectivity index (χ3n) is 13.4. The van der Waals surface area contributed by atoms with E-state index in [9.17, 15) is 10.2 Å². The minimum absolute atomic E-state index is 0.00267. The highest BCUT2D eigenvalue weighted by Gasteiger charge is 2.52. The first-order valence-corrected chi connectivity index (χ1v) is 18.4. The molecule has 252 valence electrons. The summed E-state index contributed by atoms with van der Waals surface area (Å²) in [6, 6.07) is 7.69. The first kappa shape index (κ1) is 32.1. The van der Waals surface area contributed by atoms with Crippen LogP contribution in [0.3, 0.4) is 0 Å². The highest BCUT2D eigenvalue weighted by molar-refractivity contribution is 5.76. The number of aliphatic hydroxyl groups excluding tert-OH is 2. The van der Waals surface area contributed by atoms with Crippen LogP contribution in [0.1, 0.15) is 90.0 Å². The molecular weight excluding hydrogens is 562 g/mol. The van der Waals surface area contributed by atoms with Gasteiger partial charge in [0.15, 0.2) is 0 Å². The van der Waals surface area contributed by atoms with Gasteiger partial charge in [-0.2, -0.15) is 0 Å². The molecule has 0 spiro atoms. The van der Waals surface area contributed by atoms with E-state index in [0.29, 0.717) is 23.5 Å². The number of likely N-dealkylation sites (tertiary alicyclic amines) is 1. The van der Waals surface area contributed by atoms with E-state index in [0.717, 1.165) is 45.1 Å². The van der Waals surface area contributed by atoms with Crippen molar-refractivity contribution in [3.63, 3.8) is 0 Å². The summed E-state index contributed by atoms with van der Waals surface area (Å²) in [4.78, 5) is 9.74. The number of rotatable bonds is 11. The molecule has 0 bridgehead atoms. The molecule has 4 unspecified atom stereocenters. The van der Waals surface area contributed by atoms with E-state index in [2.05, 4.69) is 76.4 Å². The summed E-state index contributed by atoms with van der Waals surface area (Å²) >= 11 is 0. The lowest BCUT2D eigenvalue weighted by atomic mass is 9.66. The molecule has 3 aliphatic carbocycles. The topological polar surface area (TPSA) is 104 Å². The van der Waals surface area contributed by atoms with Crippen molar-refractivity contribution in [2.24, 2.45) is 23.5 Å². The van der Waals surface area contributed by atoms with Gasteiger partial charge in [0.25, 0.3) is 0 Å². The molecule has 0 radical (unpaired) electrons. The average molecular weight is 624 g/mol. The van der Waals surface area contributed by atoms with Crippen LogP contribution in [0.25, 0.3) is 0 Å². The largest absolute Gasteiger partial charge is 0.390 e. The number of anilines is 2. The molecular formula is C36H61N7O2. The van der Waals surface area contributed by atoms with Gasteiger partial charge in [0.1, 0.15) is 0 Å². The van der Waals surface area contributed by atoms with E-state index in [-0.39, 0.29) is 24.3 Å². The smallest absolute Gasteiger partial charge is 0.0988 e. The number of hydrogen-bond donors (Lipinski definition) is 5. The van der Waals surface area contributed by atoms with E-state index < -0.39 is 12.2 Å². The second-order valence-corrected chi connectivity index (χ2v) is 16.1. The summed E-state index contributed by atoms with van der Waals surface area (Å²) in [7, 11) is 4.47. The lowest BCUT2D eigenvalue weighted by Gasteiger charge is -2.45. The third kappa shape index (κ3) is 5.93. The van der Waals surface area contributed by atoms with Gasteiger partial charge in [-0.15, -0.1) is 0 Å². The Morgan fingerprint density at radius 2 is 1.91 bits per heavy atom. The van der Waals surface area contributed by atoms with Crippen molar-refractivity contribution in [1.82, 2.24) is 20.0 Å². The normalized spacial score (nSPS) is 39.4. The Kier molecular flexibility index (Phi) is 9.18. The summed E-state index contributed by atoms with van der Waals surface area (Å²) in [5.74, 6) is 1.25. The number of hydrogen-bond acceptors (Lipinski definition) is 9. The van der Waals surface area contributed by atoms with Gasteiger partial charge in [-0.05, 0) is 93.9 Å². The second-order valence-electron chi connectivity index (χ2n) is 16.1. The maximum absolute atomic E-state index is 11.2. The summed E-state index contributed by atoms with van der Waals surface area (Å²) < 4.78 is 0. The zero-order chi connectivity index (χ0) is 31.5. The van der Waals surface area contributed by atoms with Gasteiger partial charge < -0.3 is 31.1 Å². The average Bonchev–Trinajstić information content (AvgIpc) is 3.64. The molecule has 8 atom stereocenters. The standard InChI is InChI=1S/C36H61N7O2/c1-5-6-15-42-22-38-35-27(34(42)37)12-16-43(35)30-19-24(32(44)33(30)45)21-40(3)26-17-23(18-26)8-11-31-39-28-20-25(36(2)13-7-14-36)9-10-29(28)41(31)4/h9-10,20,23-24,26-27,30-35,38-39,44-45H,5-8,11-19,21-22,37H2,1-4H3/t23?,24-,26?,27?,30-,31?,32-,33+,34?,35?/m1/s1. The summed E-state index contributed by atoms with van der Waals surface area (Å²) in [6.07, 6.45) is 12.4. The Bertz CT molecular complexity index is 1170. The molecule has 1 aromatic carbocycles. The maximum Gasteiger partial charge on any atom is 0.0988 e. The molecule has 5 fully saturated rings. The maximum atomic E-state index is 11.2. The van der Waals surface area contributed by atoms with Gasteiger partial charge in [-0.3, -0.25) is 15.1 Å². The fourth-order valence-corrected chi connectivity index (χ4v) is 9.87.